The summed E-state index contributed by atoms with van der Waals surface area (Å²) in [6.45, 7) is 4.33. The number of rotatable bonds is 5. The second kappa shape index (κ2) is 7.25. The van der Waals surface area contributed by atoms with E-state index in [-0.39, 0.29) is 12.2 Å². The number of H-pyrrole nitrogens is 1. The molecular formula is C22H17N3O2. The lowest BCUT2D eigenvalue weighted by molar-refractivity contribution is 0.296. The second-order valence-corrected chi connectivity index (χ2v) is 6.06. The standard InChI is InChI=1S/C22H17N3O2/c1-15(16-5-3-2-4-6-16)17-7-9-18(10-8-17)27-14-21-24-20-13-23-12-11-19(20)22(26)25-21/h2-13H,1,14H2,(H,24,25,26). The highest BCUT2D eigenvalue weighted by Crippen LogP contribution is 2.23. The first-order chi connectivity index (χ1) is 13.2. The monoisotopic (exact) mass is 355 g/mol. The van der Waals surface area contributed by atoms with Crippen molar-refractivity contribution in [1.82, 2.24) is 15.0 Å². The molecule has 0 aliphatic heterocycles. The van der Waals surface area contributed by atoms with Crippen LogP contribution in [0.15, 0.2) is 84.4 Å². The first-order valence-corrected chi connectivity index (χ1v) is 8.51. The van der Waals surface area contributed by atoms with Gasteiger partial charge in [0, 0.05) is 6.20 Å². The zero-order chi connectivity index (χ0) is 18.6. The molecule has 0 aliphatic carbocycles. The Hall–Kier alpha value is -3.73. The van der Waals surface area contributed by atoms with E-state index in [0.717, 1.165) is 16.7 Å². The predicted octanol–water partition coefficient (Wildman–Crippen LogP) is 3.96. The summed E-state index contributed by atoms with van der Waals surface area (Å²) in [5.74, 6) is 1.15. The van der Waals surface area contributed by atoms with Gasteiger partial charge in [-0.2, -0.15) is 0 Å². The largest absolute Gasteiger partial charge is 0.486 e. The van der Waals surface area contributed by atoms with Gasteiger partial charge in [0.05, 0.1) is 17.1 Å². The molecular weight excluding hydrogens is 338 g/mol. The van der Waals surface area contributed by atoms with Gasteiger partial charge in [0.1, 0.15) is 18.2 Å². The molecule has 2 aromatic heterocycles. The molecule has 27 heavy (non-hydrogen) atoms. The van der Waals surface area contributed by atoms with Crippen LogP contribution in [0.4, 0.5) is 0 Å². The van der Waals surface area contributed by atoms with Crippen LogP contribution >= 0.6 is 0 Å². The fourth-order valence-electron chi connectivity index (χ4n) is 2.82. The van der Waals surface area contributed by atoms with E-state index in [1.165, 1.54) is 0 Å². The Kier molecular flexibility index (Phi) is 4.49. The quantitative estimate of drug-likeness (QED) is 0.588. The fourth-order valence-corrected chi connectivity index (χ4v) is 2.82. The Morgan fingerprint density at radius 2 is 1.74 bits per heavy atom. The number of aromatic amines is 1. The van der Waals surface area contributed by atoms with Crippen molar-refractivity contribution in [2.45, 2.75) is 6.61 Å². The molecule has 0 bridgehead atoms. The van der Waals surface area contributed by atoms with E-state index in [1.807, 2.05) is 54.6 Å². The Balaban J connectivity index is 1.48. The number of aromatic nitrogens is 3. The van der Waals surface area contributed by atoms with Crippen LogP contribution in [0.5, 0.6) is 5.75 Å². The highest BCUT2D eigenvalue weighted by molar-refractivity contribution is 5.78. The van der Waals surface area contributed by atoms with Crippen molar-refractivity contribution in [2.24, 2.45) is 0 Å². The summed E-state index contributed by atoms with van der Waals surface area (Å²) < 4.78 is 5.75. The molecule has 2 aromatic carbocycles. The van der Waals surface area contributed by atoms with Crippen LogP contribution < -0.4 is 10.3 Å². The lowest BCUT2D eigenvalue weighted by atomic mass is 10.00. The summed E-state index contributed by atoms with van der Waals surface area (Å²) in [5, 5.41) is 0.512. The van der Waals surface area contributed by atoms with Gasteiger partial charge in [0.25, 0.3) is 5.56 Å². The Labute approximate surface area is 156 Å². The van der Waals surface area contributed by atoms with Gasteiger partial charge in [0.15, 0.2) is 0 Å². The average molecular weight is 355 g/mol. The first kappa shape index (κ1) is 16.7. The van der Waals surface area contributed by atoms with Crippen molar-refractivity contribution in [1.29, 1.82) is 0 Å². The number of ether oxygens (including phenoxy) is 1. The molecule has 0 fully saturated rings. The Bertz CT molecular complexity index is 1150. The number of benzene rings is 2. The van der Waals surface area contributed by atoms with Crippen LogP contribution in [0, 0.1) is 0 Å². The molecule has 0 aliphatic rings. The molecule has 0 saturated heterocycles. The molecule has 4 rings (SSSR count). The van der Waals surface area contributed by atoms with Gasteiger partial charge in [-0.25, -0.2) is 4.98 Å². The molecule has 0 amide bonds. The molecule has 5 heteroatoms. The molecule has 1 N–H and O–H groups in total. The van der Waals surface area contributed by atoms with E-state index in [2.05, 4.69) is 21.5 Å². The number of fused-ring (bicyclic) bond motifs is 1. The summed E-state index contributed by atoms with van der Waals surface area (Å²) in [5.41, 5.74) is 3.41. The summed E-state index contributed by atoms with van der Waals surface area (Å²) >= 11 is 0. The van der Waals surface area contributed by atoms with E-state index in [1.54, 1.807) is 18.5 Å². The molecule has 0 spiro atoms. The average Bonchev–Trinajstić information content (AvgIpc) is 2.73. The Morgan fingerprint density at radius 1 is 1.00 bits per heavy atom. The van der Waals surface area contributed by atoms with Crippen LogP contribution in [-0.4, -0.2) is 15.0 Å². The minimum absolute atomic E-state index is 0.166. The maximum absolute atomic E-state index is 12.1. The van der Waals surface area contributed by atoms with Crippen molar-refractivity contribution in [2.75, 3.05) is 0 Å². The number of nitrogens with zero attached hydrogens (tertiary/aromatic N) is 2. The number of hydrogen-bond donors (Lipinski definition) is 1. The SMILES string of the molecule is C=C(c1ccccc1)c1ccc(OCc2nc3cnccc3c(=O)[nH]2)cc1. The number of nitrogens with one attached hydrogen (secondary N) is 1. The van der Waals surface area contributed by atoms with Gasteiger partial charge < -0.3 is 9.72 Å². The van der Waals surface area contributed by atoms with Gasteiger partial charge in [-0.1, -0.05) is 49.0 Å². The van der Waals surface area contributed by atoms with Crippen molar-refractivity contribution in [3.8, 4) is 5.75 Å². The second-order valence-electron chi connectivity index (χ2n) is 6.06. The highest BCUT2D eigenvalue weighted by Gasteiger charge is 2.06. The van der Waals surface area contributed by atoms with Gasteiger partial charge >= 0.3 is 0 Å². The molecule has 5 nitrogen and oxygen atoms in total. The summed E-state index contributed by atoms with van der Waals surface area (Å²) in [7, 11) is 0. The van der Waals surface area contributed by atoms with Gasteiger partial charge in [0.2, 0.25) is 0 Å². The summed E-state index contributed by atoms with van der Waals surface area (Å²) in [6.07, 6.45) is 3.14. The van der Waals surface area contributed by atoms with Gasteiger partial charge in [-0.05, 0) is 34.9 Å². The Morgan fingerprint density at radius 3 is 2.52 bits per heavy atom. The normalized spacial score (nSPS) is 10.7. The van der Waals surface area contributed by atoms with Gasteiger partial charge in [-0.15, -0.1) is 0 Å². The molecule has 0 atom stereocenters. The lowest BCUT2D eigenvalue weighted by Gasteiger charge is -2.09. The van der Waals surface area contributed by atoms with E-state index in [4.69, 9.17) is 4.74 Å². The fraction of sp³-hybridized carbons (Fsp3) is 0.0455. The zero-order valence-electron chi connectivity index (χ0n) is 14.6. The van der Waals surface area contributed by atoms with Crippen LogP contribution in [0.2, 0.25) is 0 Å². The number of hydrogen-bond acceptors (Lipinski definition) is 4. The molecule has 4 aromatic rings. The van der Waals surface area contributed by atoms with Crippen molar-refractivity contribution in [3.63, 3.8) is 0 Å². The molecule has 0 radical (unpaired) electrons. The van der Waals surface area contributed by atoms with Crippen LogP contribution in [0.25, 0.3) is 16.5 Å². The molecule has 0 saturated carbocycles. The first-order valence-electron chi connectivity index (χ1n) is 8.51. The van der Waals surface area contributed by atoms with E-state index in [0.29, 0.717) is 22.5 Å². The van der Waals surface area contributed by atoms with Crippen LogP contribution in [0.1, 0.15) is 17.0 Å². The van der Waals surface area contributed by atoms with E-state index < -0.39 is 0 Å². The zero-order valence-corrected chi connectivity index (χ0v) is 14.6. The minimum atomic E-state index is -0.199. The third kappa shape index (κ3) is 3.62. The van der Waals surface area contributed by atoms with Crippen molar-refractivity contribution in [3.05, 3.63) is 107 Å². The maximum Gasteiger partial charge on any atom is 0.258 e. The topological polar surface area (TPSA) is 67.9 Å². The lowest BCUT2D eigenvalue weighted by Crippen LogP contribution is -2.13. The minimum Gasteiger partial charge on any atom is -0.486 e. The van der Waals surface area contributed by atoms with E-state index in [9.17, 15) is 4.79 Å². The molecule has 132 valence electrons. The summed E-state index contributed by atoms with van der Waals surface area (Å²) in [4.78, 5) is 23.2. The van der Waals surface area contributed by atoms with Crippen molar-refractivity contribution >= 4 is 16.5 Å². The number of pyridine rings is 1. The third-order valence-electron chi connectivity index (χ3n) is 4.26. The van der Waals surface area contributed by atoms with Gasteiger partial charge in [-0.3, -0.25) is 9.78 Å². The van der Waals surface area contributed by atoms with Crippen LogP contribution in [-0.2, 0) is 6.61 Å². The third-order valence-corrected chi connectivity index (χ3v) is 4.26. The van der Waals surface area contributed by atoms with Crippen LogP contribution in [0.3, 0.4) is 0 Å². The van der Waals surface area contributed by atoms with Crippen molar-refractivity contribution < 1.29 is 4.74 Å². The molecule has 0 unspecified atom stereocenters. The summed E-state index contributed by atoms with van der Waals surface area (Å²) in [6, 6.07) is 19.4. The maximum atomic E-state index is 12.1. The van der Waals surface area contributed by atoms with E-state index >= 15 is 0 Å². The molecule has 2 heterocycles. The predicted molar refractivity (Wildman–Crippen MR) is 106 cm³/mol. The smallest absolute Gasteiger partial charge is 0.258 e. The highest BCUT2D eigenvalue weighted by atomic mass is 16.5.